The third-order valence-electron chi connectivity index (χ3n) is 13.8. The summed E-state index contributed by atoms with van der Waals surface area (Å²) in [4.78, 5) is 4.91. The molecule has 2 heterocycles. The first-order valence-corrected chi connectivity index (χ1v) is 23.1. The number of benzene rings is 10. The van der Waals surface area contributed by atoms with E-state index in [-0.39, 0.29) is 0 Å². The van der Waals surface area contributed by atoms with Gasteiger partial charge in [-0.1, -0.05) is 152 Å². The lowest BCUT2D eigenvalue weighted by atomic mass is 9.70. The quantitative estimate of drug-likeness (QED) is 0.166. The lowest BCUT2D eigenvalue weighted by Crippen LogP contribution is -2.26. The summed E-state index contributed by atoms with van der Waals surface area (Å²) in [7, 11) is 0. The maximum absolute atomic E-state index is 6.32. The van der Waals surface area contributed by atoms with E-state index in [2.05, 4.69) is 228 Å². The Morgan fingerprint density at radius 2 is 0.908 bits per heavy atom. The molecule has 1 unspecified atom stereocenters. The van der Waals surface area contributed by atoms with Gasteiger partial charge in [0, 0.05) is 54.6 Å². The van der Waals surface area contributed by atoms with Crippen LogP contribution in [0.4, 0.5) is 34.1 Å². The first-order valence-electron chi connectivity index (χ1n) is 22.3. The van der Waals surface area contributed by atoms with Crippen molar-refractivity contribution in [2.24, 2.45) is 0 Å². The number of furan rings is 1. The number of fused-ring (bicyclic) bond motifs is 16. The molecule has 0 bridgehead atoms. The molecule has 304 valence electrons. The topological polar surface area (TPSA) is 19.6 Å². The van der Waals surface area contributed by atoms with Gasteiger partial charge in [0.25, 0.3) is 0 Å². The molecular formula is C61H38N2OS. The Bertz CT molecular complexity index is 3870. The van der Waals surface area contributed by atoms with Crippen LogP contribution >= 0.6 is 11.3 Å². The molecule has 4 heteroatoms. The molecule has 0 amide bonds. The van der Waals surface area contributed by atoms with E-state index in [1.54, 1.807) is 0 Å². The Labute approximate surface area is 380 Å². The number of nitrogens with zero attached hydrogens (tertiary/aromatic N) is 2. The number of para-hydroxylation sites is 3. The third-order valence-corrected chi connectivity index (χ3v) is 15.1. The summed E-state index contributed by atoms with van der Waals surface area (Å²) in [5, 5.41) is 4.79. The average molecular weight is 847 g/mol. The summed E-state index contributed by atoms with van der Waals surface area (Å²) in [6.07, 6.45) is 0. The van der Waals surface area contributed by atoms with Crippen molar-refractivity contribution in [3.63, 3.8) is 0 Å². The highest BCUT2D eigenvalue weighted by molar-refractivity contribution is 7.26. The fourth-order valence-electron chi connectivity index (χ4n) is 11.3. The largest absolute Gasteiger partial charge is 0.456 e. The summed E-state index contributed by atoms with van der Waals surface area (Å²) < 4.78 is 8.89. The zero-order chi connectivity index (χ0) is 42.6. The predicted molar refractivity (Wildman–Crippen MR) is 272 cm³/mol. The maximum Gasteiger partial charge on any atom is 0.135 e. The molecule has 14 rings (SSSR count). The monoisotopic (exact) mass is 846 g/mol. The van der Waals surface area contributed by atoms with Gasteiger partial charge in [-0.2, -0.15) is 0 Å². The first-order chi connectivity index (χ1) is 32.3. The molecular weight excluding hydrogens is 809 g/mol. The Morgan fingerprint density at radius 3 is 1.74 bits per heavy atom. The Balaban J connectivity index is 1.03. The number of hydrogen-bond acceptors (Lipinski definition) is 4. The van der Waals surface area contributed by atoms with Crippen molar-refractivity contribution in [1.82, 2.24) is 0 Å². The second-order valence-electron chi connectivity index (χ2n) is 17.1. The molecule has 2 aromatic heterocycles. The van der Waals surface area contributed by atoms with Crippen LogP contribution in [0.1, 0.15) is 22.3 Å². The number of thiophene rings is 1. The van der Waals surface area contributed by atoms with Gasteiger partial charge in [0.05, 0.1) is 21.5 Å². The zero-order valence-electron chi connectivity index (χ0n) is 35.2. The van der Waals surface area contributed by atoms with Crippen LogP contribution in [0.5, 0.6) is 0 Å². The minimum atomic E-state index is -0.580. The van der Waals surface area contributed by atoms with Gasteiger partial charge in [0.15, 0.2) is 0 Å². The molecule has 1 atom stereocenters. The molecule has 65 heavy (non-hydrogen) atoms. The molecule has 0 saturated carbocycles. The standard InChI is InChI=1S/C61H38N2OS/c1-3-17-39(18-4-1)62(41-34-36-57-49(37-41)45-22-9-13-31-56(45)64-57)42-33-35-44-43-21-7-11-26-50(43)61(53(44)38-42)51-27-12-8-24-48(51)59-52(61)28-16-29-54(59)63(40-19-5-2-6-20-40)55-30-15-25-47-46-23-10-14-32-58(46)65-60(47)55/h1-38H. The third kappa shape index (κ3) is 5.11. The molecule has 0 saturated heterocycles. The number of anilines is 6. The Kier molecular flexibility index (Phi) is 7.77. The lowest BCUT2D eigenvalue weighted by Gasteiger charge is -2.33. The molecule has 12 aromatic rings. The van der Waals surface area contributed by atoms with Crippen LogP contribution in [-0.2, 0) is 5.41 Å². The van der Waals surface area contributed by atoms with Gasteiger partial charge >= 0.3 is 0 Å². The maximum atomic E-state index is 6.32. The van der Waals surface area contributed by atoms with Crippen molar-refractivity contribution < 1.29 is 4.42 Å². The highest BCUT2D eigenvalue weighted by Gasteiger charge is 2.52. The van der Waals surface area contributed by atoms with E-state index >= 15 is 0 Å². The van der Waals surface area contributed by atoms with Crippen molar-refractivity contribution in [1.29, 1.82) is 0 Å². The van der Waals surface area contributed by atoms with Crippen molar-refractivity contribution >= 4 is 87.6 Å². The van der Waals surface area contributed by atoms with Crippen LogP contribution in [0.2, 0.25) is 0 Å². The summed E-state index contributed by atoms with van der Waals surface area (Å²) in [5.41, 5.74) is 18.2. The molecule has 0 fully saturated rings. The summed E-state index contributed by atoms with van der Waals surface area (Å²) in [6.45, 7) is 0. The van der Waals surface area contributed by atoms with Crippen molar-refractivity contribution in [2.75, 3.05) is 9.80 Å². The van der Waals surface area contributed by atoms with Crippen LogP contribution in [0, 0.1) is 0 Å². The zero-order valence-corrected chi connectivity index (χ0v) is 36.0. The van der Waals surface area contributed by atoms with Gasteiger partial charge in [0.1, 0.15) is 11.2 Å². The Hall–Kier alpha value is -8.18. The van der Waals surface area contributed by atoms with Gasteiger partial charge in [0.2, 0.25) is 0 Å². The highest BCUT2D eigenvalue weighted by atomic mass is 32.1. The van der Waals surface area contributed by atoms with E-state index in [9.17, 15) is 0 Å². The van der Waals surface area contributed by atoms with Crippen LogP contribution in [0.3, 0.4) is 0 Å². The number of hydrogen-bond donors (Lipinski definition) is 0. The fraction of sp³-hybridized carbons (Fsp3) is 0.0164. The molecule has 0 radical (unpaired) electrons. The minimum absolute atomic E-state index is 0.580. The summed E-state index contributed by atoms with van der Waals surface area (Å²) in [5.74, 6) is 0. The van der Waals surface area contributed by atoms with E-state index in [0.29, 0.717) is 0 Å². The van der Waals surface area contributed by atoms with Gasteiger partial charge < -0.3 is 14.2 Å². The van der Waals surface area contributed by atoms with Gasteiger partial charge in [-0.25, -0.2) is 0 Å². The van der Waals surface area contributed by atoms with E-state index in [1.807, 2.05) is 23.5 Å². The molecule has 2 aliphatic rings. The molecule has 0 N–H and O–H groups in total. The molecule has 10 aromatic carbocycles. The van der Waals surface area contributed by atoms with Gasteiger partial charge in [-0.05, 0) is 118 Å². The van der Waals surface area contributed by atoms with E-state index in [0.717, 1.165) is 50.4 Å². The summed E-state index contributed by atoms with van der Waals surface area (Å²) >= 11 is 1.88. The smallest absolute Gasteiger partial charge is 0.135 e. The van der Waals surface area contributed by atoms with Crippen LogP contribution < -0.4 is 9.80 Å². The second kappa shape index (κ2) is 13.9. The second-order valence-corrected chi connectivity index (χ2v) is 18.2. The average Bonchev–Trinajstić information content (AvgIpc) is 4.11. The van der Waals surface area contributed by atoms with E-state index in [4.69, 9.17) is 4.42 Å². The molecule has 0 aliphatic heterocycles. The fourth-order valence-corrected chi connectivity index (χ4v) is 12.5. The Morgan fingerprint density at radius 1 is 0.338 bits per heavy atom. The van der Waals surface area contributed by atoms with Crippen molar-refractivity contribution in [3.8, 4) is 22.3 Å². The normalized spacial score (nSPS) is 14.5. The predicted octanol–water partition coefficient (Wildman–Crippen LogP) is 17.2. The van der Waals surface area contributed by atoms with E-state index in [1.165, 1.54) is 70.4 Å². The van der Waals surface area contributed by atoms with Crippen LogP contribution in [-0.4, -0.2) is 0 Å². The summed E-state index contributed by atoms with van der Waals surface area (Å²) in [6, 6.07) is 84.6. The van der Waals surface area contributed by atoms with Gasteiger partial charge in [-0.3, -0.25) is 0 Å². The van der Waals surface area contributed by atoms with E-state index < -0.39 is 5.41 Å². The minimum Gasteiger partial charge on any atom is -0.456 e. The SMILES string of the molecule is c1ccc(N(c2ccc3c(c2)C2(c4ccccc4-3)c3ccccc3-c3c(N(c4ccccc4)c4cccc5c4sc4ccccc45)cccc32)c2ccc3oc4ccccc4c3c2)cc1. The molecule has 1 spiro atoms. The lowest BCUT2D eigenvalue weighted by molar-refractivity contribution is 0.669. The first kappa shape index (κ1) is 36.3. The molecule has 3 nitrogen and oxygen atoms in total. The highest BCUT2D eigenvalue weighted by Crippen LogP contribution is 2.65. The number of rotatable bonds is 6. The van der Waals surface area contributed by atoms with Crippen LogP contribution in [0.15, 0.2) is 235 Å². The van der Waals surface area contributed by atoms with Gasteiger partial charge in [-0.15, -0.1) is 11.3 Å². The molecule has 2 aliphatic carbocycles. The van der Waals surface area contributed by atoms with Crippen LogP contribution in [0.25, 0.3) is 64.4 Å². The van der Waals surface area contributed by atoms with Crippen molar-refractivity contribution in [3.05, 3.63) is 253 Å². The van der Waals surface area contributed by atoms with Crippen molar-refractivity contribution in [2.45, 2.75) is 5.41 Å².